The predicted molar refractivity (Wildman–Crippen MR) is 58.4 cm³/mol. The van der Waals surface area contributed by atoms with Gasteiger partial charge in [0.1, 0.15) is 5.69 Å². The van der Waals surface area contributed by atoms with Gasteiger partial charge in [0.2, 0.25) is 5.91 Å². The van der Waals surface area contributed by atoms with E-state index in [1.807, 2.05) is 4.90 Å². The molecule has 0 aromatic carbocycles. The first kappa shape index (κ1) is 10.4. The standard InChI is InChI=1S/C11H14N4O2/c16-7-9-5-15(13-12-9)10-3-4-14(6-10)11(17)8-1-2-8/h5,7-8,10H,1-4,6H2/t10-/m1/s1. The molecule has 6 heteroatoms. The summed E-state index contributed by atoms with van der Waals surface area (Å²) in [6.07, 6.45) is 5.30. The lowest BCUT2D eigenvalue weighted by Gasteiger charge is -2.15. The Kier molecular flexibility index (Phi) is 2.42. The van der Waals surface area contributed by atoms with Crippen LogP contribution in [0.1, 0.15) is 35.8 Å². The van der Waals surface area contributed by atoms with Crippen molar-refractivity contribution in [2.45, 2.75) is 25.3 Å². The Morgan fingerprint density at radius 3 is 2.88 bits per heavy atom. The second kappa shape index (κ2) is 3.94. The summed E-state index contributed by atoms with van der Waals surface area (Å²) >= 11 is 0. The smallest absolute Gasteiger partial charge is 0.225 e. The lowest BCUT2D eigenvalue weighted by Crippen LogP contribution is -2.30. The highest BCUT2D eigenvalue weighted by Crippen LogP contribution is 2.33. The number of hydrogen-bond acceptors (Lipinski definition) is 4. The summed E-state index contributed by atoms with van der Waals surface area (Å²) in [5, 5.41) is 7.66. The van der Waals surface area contributed by atoms with E-state index in [4.69, 9.17) is 0 Å². The Morgan fingerprint density at radius 2 is 2.24 bits per heavy atom. The minimum absolute atomic E-state index is 0.166. The lowest BCUT2D eigenvalue weighted by atomic mass is 10.3. The molecule has 1 atom stereocenters. The molecule has 6 nitrogen and oxygen atoms in total. The Labute approximate surface area is 98.6 Å². The van der Waals surface area contributed by atoms with Crippen molar-refractivity contribution in [3.63, 3.8) is 0 Å². The molecule has 0 N–H and O–H groups in total. The van der Waals surface area contributed by atoms with Crippen molar-refractivity contribution in [2.24, 2.45) is 5.92 Å². The van der Waals surface area contributed by atoms with Crippen LogP contribution < -0.4 is 0 Å². The van der Waals surface area contributed by atoms with Crippen molar-refractivity contribution in [1.29, 1.82) is 0 Å². The Bertz CT molecular complexity index is 452. The molecule has 0 radical (unpaired) electrons. The molecule has 1 saturated carbocycles. The average Bonchev–Trinajstić information content (AvgIpc) is 2.91. The number of amides is 1. The Balaban J connectivity index is 1.66. The minimum atomic E-state index is 0.166. The fourth-order valence-corrected chi connectivity index (χ4v) is 2.27. The summed E-state index contributed by atoms with van der Waals surface area (Å²) in [7, 11) is 0. The number of carbonyl (C=O) groups excluding carboxylic acids is 2. The van der Waals surface area contributed by atoms with Gasteiger partial charge in [-0.2, -0.15) is 0 Å². The zero-order valence-electron chi connectivity index (χ0n) is 9.45. The number of rotatable bonds is 3. The molecule has 1 saturated heterocycles. The van der Waals surface area contributed by atoms with Gasteiger partial charge in [0.15, 0.2) is 6.29 Å². The van der Waals surface area contributed by atoms with Gasteiger partial charge >= 0.3 is 0 Å². The summed E-state index contributed by atoms with van der Waals surface area (Å²) in [4.78, 5) is 24.3. The summed E-state index contributed by atoms with van der Waals surface area (Å²) in [5.41, 5.74) is 0.344. The van der Waals surface area contributed by atoms with Gasteiger partial charge in [-0.1, -0.05) is 5.21 Å². The van der Waals surface area contributed by atoms with Crippen LogP contribution in [0.3, 0.4) is 0 Å². The third kappa shape index (κ3) is 1.94. The molecule has 2 fully saturated rings. The van der Waals surface area contributed by atoms with E-state index in [2.05, 4.69) is 10.3 Å². The van der Waals surface area contributed by atoms with E-state index >= 15 is 0 Å². The van der Waals surface area contributed by atoms with E-state index in [0.29, 0.717) is 18.5 Å². The zero-order chi connectivity index (χ0) is 11.8. The Hall–Kier alpha value is -1.72. The normalized spacial score (nSPS) is 24.0. The molecule has 90 valence electrons. The van der Waals surface area contributed by atoms with Crippen LogP contribution in [0.2, 0.25) is 0 Å². The van der Waals surface area contributed by atoms with Crippen LogP contribution in [0.5, 0.6) is 0 Å². The van der Waals surface area contributed by atoms with Gasteiger partial charge < -0.3 is 4.90 Å². The number of aldehydes is 1. The molecule has 1 aliphatic carbocycles. The molecule has 1 aromatic rings. The van der Waals surface area contributed by atoms with Crippen molar-refractivity contribution in [2.75, 3.05) is 13.1 Å². The average molecular weight is 234 g/mol. The molecule has 0 spiro atoms. The second-order valence-electron chi connectivity index (χ2n) is 4.74. The van der Waals surface area contributed by atoms with Gasteiger partial charge in [0.05, 0.1) is 12.2 Å². The van der Waals surface area contributed by atoms with Crippen LogP contribution in [-0.2, 0) is 4.79 Å². The summed E-state index contributed by atoms with van der Waals surface area (Å²) < 4.78 is 1.70. The fraction of sp³-hybridized carbons (Fsp3) is 0.636. The zero-order valence-corrected chi connectivity index (χ0v) is 9.45. The highest BCUT2D eigenvalue weighted by atomic mass is 16.2. The van der Waals surface area contributed by atoms with Gasteiger partial charge in [-0.15, -0.1) is 5.10 Å². The molecule has 1 aromatic heterocycles. The molecule has 3 rings (SSSR count). The second-order valence-corrected chi connectivity index (χ2v) is 4.74. The number of nitrogens with zero attached hydrogens (tertiary/aromatic N) is 4. The summed E-state index contributed by atoms with van der Waals surface area (Å²) in [6.45, 7) is 1.48. The number of hydrogen-bond donors (Lipinski definition) is 0. The van der Waals surface area contributed by atoms with Crippen LogP contribution in [0.15, 0.2) is 6.20 Å². The van der Waals surface area contributed by atoms with E-state index in [1.54, 1.807) is 10.9 Å². The van der Waals surface area contributed by atoms with E-state index in [0.717, 1.165) is 25.8 Å². The SMILES string of the molecule is O=Cc1cn([C@@H]2CCN(C(=O)C3CC3)C2)nn1. The molecular weight excluding hydrogens is 220 g/mol. The number of carbonyl (C=O) groups is 2. The summed E-state index contributed by atoms with van der Waals surface area (Å²) in [6, 6.07) is 0.166. The van der Waals surface area contributed by atoms with Gasteiger partial charge in [0.25, 0.3) is 0 Å². The molecule has 0 unspecified atom stereocenters. The largest absolute Gasteiger partial charge is 0.340 e. The van der Waals surface area contributed by atoms with Gasteiger partial charge in [-0.3, -0.25) is 9.59 Å². The van der Waals surface area contributed by atoms with Crippen LogP contribution in [0.4, 0.5) is 0 Å². The molecule has 1 amide bonds. The quantitative estimate of drug-likeness (QED) is 0.704. The molecular formula is C11H14N4O2. The monoisotopic (exact) mass is 234 g/mol. The van der Waals surface area contributed by atoms with Crippen molar-refractivity contribution in [3.8, 4) is 0 Å². The first-order chi connectivity index (χ1) is 8.28. The van der Waals surface area contributed by atoms with Gasteiger partial charge in [-0.25, -0.2) is 4.68 Å². The first-order valence-corrected chi connectivity index (χ1v) is 5.93. The summed E-state index contributed by atoms with van der Waals surface area (Å²) in [5.74, 6) is 0.554. The maximum Gasteiger partial charge on any atom is 0.225 e. The van der Waals surface area contributed by atoms with Gasteiger partial charge in [-0.05, 0) is 19.3 Å². The molecule has 2 aliphatic rings. The number of likely N-dealkylation sites (tertiary alicyclic amines) is 1. The maximum absolute atomic E-state index is 11.9. The van der Waals surface area contributed by atoms with Crippen LogP contribution in [0.25, 0.3) is 0 Å². The van der Waals surface area contributed by atoms with E-state index in [-0.39, 0.29) is 17.9 Å². The molecule has 17 heavy (non-hydrogen) atoms. The van der Waals surface area contributed by atoms with Crippen LogP contribution in [0, 0.1) is 5.92 Å². The minimum Gasteiger partial charge on any atom is -0.340 e. The lowest BCUT2D eigenvalue weighted by molar-refractivity contribution is -0.131. The number of aromatic nitrogens is 3. The molecule has 1 aliphatic heterocycles. The van der Waals surface area contributed by atoms with Crippen molar-refractivity contribution in [1.82, 2.24) is 19.9 Å². The highest BCUT2D eigenvalue weighted by molar-refractivity contribution is 5.81. The molecule has 0 bridgehead atoms. The Morgan fingerprint density at radius 1 is 1.41 bits per heavy atom. The van der Waals surface area contributed by atoms with Crippen molar-refractivity contribution >= 4 is 12.2 Å². The third-order valence-electron chi connectivity index (χ3n) is 3.42. The molecule has 2 heterocycles. The third-order valence-corrected chi connectivity index (χ3v) is 3.42. The van der Waals surface area contributed by atoms with E-state index < -0.39 is 0 Å². The van der Waals surface area contributed by atoms with E-state index in [1.165, 1.54) is 0 Å². The fourth-order valence-electron chi connectivity index (χ4n) is 2.27. The van der Waals surface area contributed by atoms with Crippen LogP contribution >= 0.6 is 0 Å². The van der Waals surface area contributed by atoms with E-state index in [9.17, 15) is 9.59 Å². The van der Waals surface area contributed by atoms with Crippen molar-refractivity contribution < 1.29 is 9.59 Å². The first-order valence-electron chi connectivity index (χ1n) is 5.93. The van der Waals surface area contributed by atoms with Gasteiger partial charge in [0, 0.05) is 19.0 Å². The van der Waals surface area contributed by atoms with Crippen molar-refractivity contribution in [3.05, 3.63) is 11.9 Å². The maximum atomic E-state index is 11.9. The highest BCUT2D eigenvalue weighted by Gasteiger charge is 2.37. The van der Waals surface area contributed by atoms with Crippen LogP contribution in [-0.4, -0.2) is 45.2 Å². The topological polar surface area (TPSA) is 68.1 Å². The predicted octanol–water partition coefficient (Wildman–Crippen LogP) is 0.274.